The maximum Gasteiger partial charge on any atom is 0.255 e. The number of H-pyrrole nitrogens is 1. The van der Waals surface area contributed by atoms with E-state index in [-0.39, 0.29) is 30.1 Å². The minimum atomic E-state index is -1.44. The van der Waals surface area contributed by atoms with Gasteiger partial charge in [0.1, 0.15) is 5.82 Å². The van der Waals surface area contributed by atoms with Crippen molar-refractivity contribution in [2.75, 3.05) is 6.54 Å². The molecule has 0 aliphatic carbocycles. The number of benzene rings is 1. The minimum absolute atomic E-state index is 0.0963. The number of aromatic amines is 1. The molecule has 8 heteroatoms. The summed E-state index contributed by atoms with van der Waals surface area (Å²) in [6.07, 6.45) is 0.406. The zero-order valence-electron chi connectivity index (χ0n) is 14.7. The van der Waals surface area contributed by atoms with Crippen molar-refractivity contribution in [3.63, 3.8) is 0 Å². The summed E-state index contributed by atoms with van der Waals surface area (Å²) < 4.78 is 54.5. The Kier molecular flexibility index (Phi) is 4.64. The summed E-state index contributed by atoms with van der Waals surface area (Å²) >= 11 is 0. The van der Waals surface area contributed by atoms with Crippen LogP contribution in [-0.2, 0) is 24.9 Å². The van der Waals surface area contributed by atoms with Crippen LogP contribution in [0.25, 0.3) is 0 Å². The Balaban J connectivity index is 1.90. The lowest BCUT2D eigenvalue weighted by atomic mass is 9.95. The first-order chi connectivity index (χ1) is 12.1. The van der Waals surface area contributed by atoms with Gasteiger partial charge in [-0.25, -0.2) is 22.5 Å². The average Bonchev–Trinajstić information content (AvgIpc) is 2.56. The molecule has 4 nitrogen and oxygen atoms in total. The minimum Gasteiger partial charge on any atom is -0.310 e. The van der Waals surface area contributed by atoms with Crippen molar-refractivity contribution in [1.82, 2.24) is 14.9 Å². The third kappa shape index (κ3) is 3.38. The maximum absolute atomic E-state index is 13.9. The number of aromatic nitrogens is 2. The van der Waals surface area contributed by atoms with Gasteiger partial charge in [-0.15, -0.1) is 0 Å². The number of hydrogen-bond acceptors (Lipinski definition) is 3. The van der Waals surface area contributed by atoms with Gasteiger partial charge in [-0.2, -0.15) is 0 Å². The monoisotopic (exact) mass is 369 g/mol. The Hall–Kier alpha value is -2.22. The smallest absolute Gasteiger partial charge is 0.255 e. The van der Waals surface area contributed by atoms with Crippen LogP contribution in [-0.4, -0.2) is 21.4 Å². The molecule has 2 aromatic rings. The lowest BCUT2D eigenvalue weighted by molar-refractivity contribution is 0.231. The number of fused-ring (bicyclic) bond motifs is 1. The summed E-state index contributed by atoms with van der Waals surface area (Å²) in [6.45, 7) is 5.90. The van der Waals surface area contributed by atoms with Gasteiger partial charge >= 0.3 is 0 Å². The van der Waals surface area contributed by atoms with Crippen LogP contribution < -0.4 is 5.56 Å². The molecule has 0 spiro atoms. The predicted molar refractivity (Wildman–Crippen MR) is 87.6 cm³/mol. The molecule has 0 fully saturated rings. The molecule has 1 aromatic heterocycles. The molecule has 26 heavy (non-hydrogen) atoms. The molecule has 1 aliphatic heterocycles. The number of hydrogen-bond donors (Lipinski definition) is 1. The van der Waals surface area contributed by atoms with Gasteiger partial charge in [0.25, 0.3) is 5.56 Å². The van der Waals surface area contributed by atoms with E-state index < -0.39 is 28.8 Å². The van der Waals surface area contributed by atoms with Crippen LogP contribution in [0.4, 0.5) is 17.6 Å². The van der Waals surface area contributed by atoms with Crippen LogP contribution in [0.1, 0.15) is 43.4 Å². The molecular weight excluding hydrogens is 350 g/mol. The van der Waals surface area contributed by atoms with Crippen LogP contribution in [0.3, 0.4) is 0 Å². The Morgan fingerprint density at radius 3 is 2.35 bits per heavy atom. The van der Waals surface area contributed by atoms with Crippen molar-refractivity contribution in [3.05, 3.63) is 62.3 Å². The van der Waals surface area contributed by atoms with Crippen LogP contribution in [0.2, 0.25) is 0 Å². The van der Waals surface area contributed by atoms with E-state index >= 15 is 0 Å². The molecule has 3 rings (SSSR count). The highest BCUT2D eigenvalue weighted by Crippen LogP contribution is 2.24. The first-order valence-electron chi connectivity index (χ1n) is 8.24. The summed E-state index contributed by atoms with van der Waals surface area (Å²) in [5, 5.41) is 0. The van der Waals surface area contributed by atoms with Gasteiger partial charge in [-0.3, -0.25) is 9.69 Å². The summed E-state index contributed by atoms with van der Waals surface area (Å²) in [4.78, 5) is 21.2. The topological polar surface area (TPSA) is 49.0 Å². The normalized spacial score (nSPS) is 15.2. The molecule has 1 aromatic carbocycles. The molecular formula is C18H19F4N3O. The molecule has 0 radical (unpaired) electrons. The highest BCUT2D eigenvalue weighted by atomic mass is 19.2. The quantitative estimate of drug-likeness (QED) is 0.653. The second-order valence-electron chi connectivity index (χ2n) is 7.50. The molecule has 0 amide bonds. The average molecular weight is 369 g/mol. The fraction of sp³-hybridized carbons (Fsp3) is 0.444. The largest absolute Gasteiger partial charge is 0.310 e. The van der Waals surface area contributed by atoms with Crippen molar-refractivity contribution in [3.8, 4) is 0 Å². The standard InChI is InChI=1S/C18H19F4N3O/c1-18(2,3)17-23-13-4-5-25(7-9(13)16(26)24-17)8-10-14(21)11(19)6-12(20)15(10)22/h6H,4-5,7-8H2,1-3H3,(H,23,24,26). The first-order valence-corrected chi connectivity index (χ1v) is 8.24. The van der Waals surface area contributed by atoms with Crippen LogP contribution in [0.5, 0.6) is 0 Å². The fourth-order valence-electron chi connectivity index (χ4n) is 2.96. The summed E-state index contributed by atoms with van der Waals surface area (Å²) in [6, 6.07) is 0.183. The Bertz CT molecular complexity index is 892. The van der Waals surface area contributed by atoms with Gasteiger partial charge in [0.05, 0.1) is 11.3 Å². The zero-order valence-corrected chi connectivity index (χ0v) is 14.7. The molecule has 1 N–H and O–H groups in total. The SMILES string of the molecule is CC(C)(C)c1nc2c(c(=O)[nH]1)CN(Cc1c(F)c(F)cc(F)c1F)CC2. The van der Waals surface area contributed by atoms with E-state index in [1.807, 2.05) is 20.8 Å². The molecule has 0 saturated carbocycles. The third-order valence-electron chi connectivity index (χ3n) is 4.44. The van der Waals surface area contributed by atoms with E-state index in [1.165, 1.54) is 0 Å². The van der Waals surface area contributed by atoms with E-state index in [2.05, 4.69) is 9.97 Å². The van der Waals surface area contributed by atoms with Crippen molar-refractivity contribution in [2.24, 2.45) is 0 Å². The van der Waals surface area contributed by atoms with Crippen molar-refractivity contribution in [1.29, 1.82) is 0 Å². The second-order valence-corrected chi connectivity index (χ2v) is 7.50. The maximum atomic E-state index is 13.9. The summed E-state index contributed by atoms with van der Waals surface area (Å²) in [5.41, 5.74) is -0.266. The molecule has 140 valence electrons. The zero-order chi connectivity index (χ0) is 19.2. The van der Waals surface area contributed by atoms with E-state index in [4.69, 9.17) is 0 Å². The number of nitrogens with one attached hydrogen (secondary N) is 1. The van der Waals surface area contributed by atoms with E-state index in [0.717, 1.165) is 0 Å². The summed E-state index contributed by atoms with van der Waals surface area (Å²) in [5.74, 6) is -5.13. The molecule has 0 saturated heterocycles. The molecule has 0 bridgehead atoms. The molecule has 0 atom stereocenters. The van der Waals surface area contributed by atoms with E-state index in [9.17, 15) is 22.4 Å². The highest BCUT2D eigenvalue weighted by Gasteiger charge is 2.27. The summed E-state index contributed by atoms with van der Waals surface area (Å²) in [7, 11) is 0. The van der Waals surface area contributed by atoms with Gasteiger partial charge < -0.3 is 4.98 Å². The lowest BCUT2D eigenvalue weighted by Gasteiger charge is -2.29. The van der Waals surface area contributed by atoms with Gasteiger partial charge in [0.15, 0.2) is 23.3 Å². The predicted octanol–water partition coefficient (Wildman–Crippen LogP) is 3.18. The molecule has 1 aliphatic rings. The first kappa shape index (κ1) is 18.6. The third-order valence-corrected chi connectivity index (χ3v) is 4.44. The van der Waals surface area contributed by atoms with Gasteiger partial charge in [0.2, 0.25) is 0 Å². The lowest BCUT2D eigenvalue weighted by Crippen LogP contribution is -2.37. The van der Waals surface area contributed by atoms with Gasteiger partial charge in [0, 0.05) is 43.1 Å². The van der Waals surface area contributed by atoms with Crippen molar-refractivity contribution >= 4 is 0 Å². The second kappa shape index (κ2) is 6.50. The van der Waals surface area contributed by atoms with E-state index in [0.29, 0.717) is 30.0 Å². The molecule has 0 unspecified atom stereocenters. The Morgan fingerprint density at radius 1 is 1.15 bits per heavy atom. The number of rotatable bonds is 2. The van der Waals surface area contributed by atoms with Crippen LogP contribution in [0.15, 0.2) is 10.9 Å². The van der Waals surface area contributed by atoms with Crippen LogP contribution >= 0.6 is 0 Å². The van der Waals surface area contributed by atoms with Gasteiger partial charge in [-0.1, -0.05) is 20.8 Å². The molecule has 2 heterocycles. The number of halogens is 4. The van der Waals surface area contributed by atoms with Crippen molar-refractivity contribution < 1.29 is 17.6 Å². The Labute approximate surface area is 147 Å². The fourth-order valence-corrected chi connectivity index (χ4v) is 2.96. The van der Waals surface area contributed by atoms with E-state index in [1.54, 1.807) is 4.90 Å². The Morgan fingerprint density at radius 2 is 1.77 bits per heavy atom. The van der Waals surface area contributed by atoms with Crippen LogP contribution in [0, 0.1) is 23.3 Å². The van der Waals surface area contributed by atoms with Gasteiger partial charge in [-0.05, 0) is 0 Å². The highest BCUT2D eigenvalue weighted by molar-refractivity contribution is 5.25. The number of nitrogens with zero attached hydrogens (tertiary/aromatic N) is 2. The van der Waals surface area contributed by atoms with Crippen molar-refractivity contribution in [2.45, 2.75) is 45.7 Å².